The Kier molecular flexibility index (Phi) is 10.8. The third-order valence-corrected chi connectivity index (χ3v) is 9.97. The van der Waals surface area contributed by atoms with Gasteiger partial charge in [-0.1, -0.05) is 42.5 Å². The summed E-state index contributed by atoms with van der Waals surface area (Å²) in [6.45, 7) is 0. The summed E-state index contributed by atoms with van der Waals surface area (Å²) in [5, 5.41) is 11.3. The fourth-order valence-electron chi connectivity index (χ4n) is 4.88. The lowest BCUT2D eigenvalue weighted by molar-refractivity contribution is 0.480. The molecule has 0 aliphatic rings. The van der Waals surface area contributed by atoms with Gasteiger partial charge in [-0.05, 0) is 71.8 Å². The average molecular weight is 821 g/mol. The van der Waals surface area contributed by atoms with Crippen LogP contribution in [0.15, 0.2) is 106 Å². The van der Waals surface area contributed by atoms with Crippen molar-refractivity contribution in [1.29, 1.82) is 0 Å². The van der Waals surface area contributed by atoms with Crippen molar-refractivity contribution in [1.82, 2.24) is 29.9 Å². The van der Waals surface area contributed by atoms with E-state index in [1.165, 1.54) is 48.6 Å². The molecule has 0 saturated heterocycles. The molecule has 2 aromatic heterocycles. The molecule has 288 valence electrons. The highest BCUT2D eigenvalue weighted by Crippen LogP contribution is 2.28. The number of rotatable bonds is 13. The van der Waals surface area contributed by atoms with Crippen molar-refractivity contribution < 1.29 is 38.9 Å². The Hall–Kier alpha value is -6.83. The van der Waals surface area contributed by atoms with Gasteiger partial charge in [0.1, 0.15) is 9.79 Å². The molecular formula is C32H28N12O9S3. The average Bonchev–Trinajstić information content (AvgIpc) is 3.10. The molecule has 11 N–H and O–H groups in total. The Balaban J connectivity index is 1.23. The first-order chi connectivity index (χ1) is 26.4. The lowest BCUT2D eigenvalue weighted by Gasteiger charge is -2.12. The molecule has 21 nitrogen and oxygen atoms in total. The van der Waals surface area contributed by atoms with Gasteiger partial charge in [0.2, 0.25) is 35.7 Å². The van der Waals surface area contributed by atoms with Crippen molar-refractivity contribution in [3.8, 4) is 0 Å². The Morgan fingerprint density at radius 3 is 1.18 bits per heavy atom. The molecule has 24 heteroatoms. The zero-order valence-electron chi connectivity index (χ0n) is 28.2. The van der Waals surface area contributed by atoms with Crippen molar-refractivity contribution >= 4 is 101 Å². The molecular weight excluding hydrogens is 793 g/mol. The second-order valence-electron chi connectivity index (χ2n) is 11.3. The van der Waals surface area contributed by atoms with Gasteiger partial charge in [-0.25, -0.2) is 0 Å². The van der Waals surface area contributed by atoms with E-state index in [0.29, 0.717) is 11.4 Å². The Morgan fingerprint density at radius 1 is 0.446 bits per heavy atom. The van der Waals surface area contributed by atoms with E-state index in [0.717, 1.165) is 24.3 Å². The molecule has 0 radical (unpaired) electrons. The molecule has 6 rings (SSSR count). The smallest absolute Gasteiger partial charge is 0.295 e. The van der Waals surface area contributed by atoms with Crippen molar-refractivity contribution in [2.45, 2.75) is 14.7 Å². The minimum absolute atomic E-state index is 0.0487. The van der Waals surface area contributed by atoms with Gasteiger partial charge < -0.3 is 32.7 Å². The second kappa shape index (κ2) is 15.5. The maximum atomic E-state index is 12.5. The van der Waals surface area contributed by atoms with Gasteiger partial charge in [-0.3, -0.25) is 13.7 Å². The number of nitrogens with zero attached hydrogens (tertiary/aromatic N) is 6. The maximum absolute atomic E-state index is 12.5. The number of nitrogens with two attached hydrogens (primary N) is 2. The topological polar surface area (TPSA) is 341 Å². The molecule has 0 spiro atoms. The van der Waals surface area contributed by atoms with Crippen LogP contribution in [0.25, 0.3) is 12.2 Å². The van der Waals surface area contributed by atoms with Gasteiger partial charge in [-0.15, -0.1) is 0 Å². The Labute approximate surface area is 318 Å². The summed E-state index contributed by atoms with van der Waals surface area (Å²) in [5.41, 5.74) is 12.7. The van der Waals surface area contributed by atoms with Crippen molar-refractivity contribution in [2.75, 3.05) is 32.7 Å². The van der Waals surface area contributed by atoms with Crippen LogP contribution in [-0.4, -0.2) is 68.8 Å². The number of benzene rings is 4. The highest BCUT2D eigenvalue weighted by atomic mass is 32.2. The number of hydrogen-bond acceptors (Lipinski definition) is 18. The van der Waals surface area contributed by atoms with Crippen LogP contribution in [0, 0.1) is 0 Å². The number of aromatic nitrogens is 6. The van der Waals surface area contributed by atoms with Crippen LogP contribution >= 0.6 is 0 Å². The van der Waals surface area contributed by atoms with E-state index in [4.69, 9.17) is 11.5 Å². The maximum Gasteiger partial charge on any atom is 0.295 e. The third-order valence-electron chi connectivity index (χ3n) is 7.28. The molecule has 0 atom stereocenters. The third kappa shape index (κ3) is 10.0. The quantitative estimate of drug-likeness (QED) is 0.0584. The van der Waals surface area contributed by atoms with E-state index < -0.39 is 40.1 Å². The molecule has 0 fully saturated rings. The van der Waals surface area contributed by atoms with Crippen LogP contribution in [0.5, 0.6) is 0 Å². The van der Waals surface area contributed by atoms with Crippen LogP contribution in [0.2, 0.25) is 0 Å². The van der Waals surface area contributed by atoms with Gasteiger partial charge in [-0.2, -0.15) is 55.2 Å². The van der Waals surface area contributed by atoms with E-state index in [-0.39, 0.29) is 63.1 Å². The van der Waals surface area contributed by atoms with Gasteiger partial charge in [0, 0.05) is 22.7 Å². The monoisotopic (exact) mass is 820 g/mol. The summed E-state index contributed by atoms with van der Waals surface area (Å²) in [7, 11) is -14.2. The molecule has 0 unspecified atom stereocenters. The van der Waals surface area contributed by atoms with E-state index in [1.54, 1.807) is 24.3 Å². The molecule has 0 aliphatic carbocycles. The standard InChI is InChI=1S/C32H28N12O9S3/c33-27-39-29(35-20-4-2-1-3-5-20)43-31(41-27)37-22-10-8-18(25(16-22)55(48,49)50)6-7-19-9-11-23(17-26(19)56(51,52)53)38-32-42-28(34)40-30(44-32)36-21-12-14-24(15-13-21)54(45,46)47/h1-17H,(H,45,46,47)(H,48,49,50)(H,51,52,53)(H4,33,35,37,39,41,43)(H4,34,36,38,40,42,44). The number of hydrogen-bond donors (Lipinski definition) is 9. The van der Waals surface area contributed by atoms with Gasteiger partial charge in [0.25, 0.3) is 30.4 Å². The largest absolute Gasteiger partial charge is 0.368 e. The predicted molar refractivity (Wildman–Crippen MR) is 206 cm³/mol. The van der Waals surface area contributed by atoms with E-state index in [1.807, 2.05) is 6.07 Å². The van der Waals surface area contributed by atoms with Crippen molar-refractivity contribution in [3.63, 3.8) is 0 Å². The SMILES string of the molecule is Nc1nc(Nc2ccccc2)nc(Nc2ccc(C=Cc3ccc(Nc4nc(N)nc(Nc5ccc(S(=O)(=O)O)cc5)n4)cc3S(=O)(=O)O)c(S(=O)(=O)O)c2)n1. The fourth-order valence-corrected chi connectivity index (χ4v) is 6.78. The molecule has 6 aromatic rings. The van der Waals surface area contributed by atoms with E-state index >= 15 is 0 Å². The minimum atomic E-state index is -4.88. The first-order valence-corrected chi connectivity index (χ1v) is 19.9. The highest BCUT2D eigenvalue weighted by Gasteiger charge is 2.19. The minimum Gasteiger partial charge on any atom is -0.368 e. The second-order valence-corrected chi connectivity index (χ2v) is 15.5. The summed E-state index contributed by atoms with van der Waals surface area (Å²) in [6, 6.07) is 21.5. The lowest BCUT2D eigenvalue weighted by Crippen LogP contribution is -2.08. The highest BCUT2D eigenvalue weighted by molar-refractivity contribution is 7.86. The van der Waals surface area contributed by atoms with Crippen LogP contribution in [-0.2, 0) is 30.4 Å². The summed E-state index contributed by atoms with van der Waals surface area (Å²) < 4.78 is 102. The zero-order valence-corrected chi connectivity index (χ0v) is 30.6. The van der Waals surface area contributed by atoms with Crippen LogP contribution < -0.4 is 32.7 Å². The van der Waals surface area contributed by atoms with Gasteiger partial charge in [0.15, 0.2) is 0 Å². The summed E-state index contributed by atoms with van der Waals surface area (Å²) >= 11 is 0. The normalized spacial score (nSPS) is 12.0. The zero-order chi connectivity index (χ0) is 40.3. The van der Waals surface area contributed by atoms with E-state index in [9.17, 15) is 38.9 Å². The van der Waals surface area contributed by atoms with Crippen LogP contribution in [0.3, 0.4) is 0 Å². The summed E-state index contributed by atoms with van der Waals surface area (Å²) in [4.78, 5) is 22.8. The number of anilines is 10. The van der Waals surface area contributed by atoms with Crippen LogP contribution in [0.1, 0.15) is 11.1 Å². The predicted octanol–water partition coefficient (Wildman–Crippen LogP) is 4.11. The molecule has 2 heterocycles. The van der Waals surface area contributed by atoms with Crippen molar-refractivity contribution in [3.05, 3.63) is 102 Å². The molecule has 0 saturated carbocycles. The van der Waals surface area contributed by atoms with Crippen LogP contribution in [0.4, 0.5) is 58.4 Å². The van der Waals surface area contributed by atoms with Crippen molar-refractivity contribution in [2.24, 2.45) is 0 Å². The summed E-state index contributed by atoms with van der Waals surface area (Å²) in [6.07, 6.45) is 2.41. The lowest BCUT2D eigenvalue weighted by atomic mass is 10.1. The van der Waals surface area contributed by atoms with Gasteiger partial charge >= 0.3 is 0 Å². The Morgan fingerprint density at radius 2 is 0.804 bits per heavy atom. The molecule has 0 aliphatic heterocycles. The summed E-state index contributed by atoms with van der Waals surface area (Å²) in [5.74, 6) is -0.601. The Bertz CT molecular complexity index is 2810. The molecule has 0 amide bonds. The first-order valence-electron chi connectivity index (χ1n) is 15.5. The molecule has 4 aromatic carbocycles. The molecule has 56 heavy (non-hydrogen) atoms. The first kappa shape index (κ1) is 38.9. The fraction of sp³-hybridized carbons (Fsp3) is 0. The van der Waals surface area contributed by atoms with E-state index in [2.05, 4.69) is 51.2 Å². The number of nitrogen functional groups attached to an aromatic ring is 2. The van der Waals surface area contributed by atoms with Gasteiger partial charge in [0.05, 0.1) is 4.90 Å². The number of para-hydroxylation sites is 1. The number of nitrogens with one attached hydrogen (secondary N) is 4. The molecule has 0 bridgehead atoms.